The van der Waals surface area contributed by atoms with Crippen molar-refractivity contribution in [3.8, 4) is 0 Å². The van der Waals surface area contributed by atoms with Crippen LogP contribution in [0.5, 0.6) is 0 Å². The van der Waals surface area contributed by atoms with Gasteiger partial charge in [0.05, 0.1) is 11.5 Å². The van der Waals surface area contributed by atoms with Gasteiger partial charge in [0.25, 0.3) is 5.69 Å². The highest BCUT2D eigenvalue weighted by atomic mass is 16.6. The molecule has 1 amide bonds. The van der Waals surface area contributed by atoms with E-state index in [1.807, 2.05) is 7.05 Å². The summed E-state index contributed by atoms with van der Waals surface area (Å²) in [4.78, 5) is 25.7. The molecule has 110 valence electrons. The van der Waals surface area contributed by atoms with Gasteiger partial charge in [-0.25, -0.2) is 0 Å². The van der Waals surface area contributed by atoms with E-state index in [1.54, 1.807) is 42.1 Å². The fourth-order valence-corrected chi connectivity index (χ4v) is 1.75. The van der Waals surface area contributed by atoms with E-state index in [2.05, 4.69) is 5.32 Å². The van der Waals surface area contributed by atoms with E-state index in [1.165, 1.54) is 6.07 Å². The monoisotopic (exact) mass is 280 g/mol. The van der Waals surface area contributed by atoms with E-state index in [0.29, 0.717) is 18.8 Å². The number of hydrogen-bond donors (Lipinski definition) is 1. The highest BCUT2D eigenvalue weighted by Crippen LogP contribution is 2.26. The molecule has 0 saturated carbocycles. The molecule has 0 bridgehead atoms. The largest absolute Gasteiger partial charge is 0.360 e. The van der Waals surface area contributed by atoms with Gasteiger partial charge in [-0.2, -0.15) is 0 Å². The number of amides is 1. The van der Waals surface area contributed by atoms with Gasteiger partial charge >= 0.3 is 0 Å². The summed E-state index contributed by atoms with van der Waals surface area (Å²) in [7, 11) is 5.21. The summed E-state index contributed by atoms with van der Waals surface area (Å²) in [6, 6.07) is 6.39. The molecule has 0 radical (unpaired) electrons. The topological polar surface area (TPSA) is 78.7 Å². The fourth-order valence-electron chi connectivity index (χ4n) is 1.75. The van der Waals surface area contributed by atoms with Crippen LogP contribution in [0.2, 0.25) is 0 Å². The van der Waals surface area contributed by atoms with E-state index >= 15 is 0 Å². The molecule has 7 nitrogen and oxygen atoms in total. The van der Waals surface area contributed by atoms with E-state index in [9.17, 15) is 14.9 Å². The Morgan fingerprint density at radius 2 is 2.00 bits per heavy atom. The Kier molecular flexibility index (Phi) is 5.92. The third kappa shape index (κ3) is 4.20. The Morgan fingerprint density at radius 3 is 2.60 bits per heavy atom. The summed E-state index contributed by atoms with van der Waals surface area (Å²) in [5.74, 6) is -0.0825. The normalized spacial score (nSPS) is 10.2. The first-order valence-electron chi connectivity index (χ1n) is 6.30. The maximum absolute atomic E-state index is 12.0. The molecule has 0 aliphatic carbocycles. The molecule has 0 spiro atoms. The number of anilines is 1. The van der Waals surface area contributed by atoms with E-state index in [4.69, 9.17) is 0 Å². The molecule has 0 aliphatic rings. The lowest BCUT2D eigenvalue weighted by molar-refractivity contribution is -0.384. The molecule has 20 heavy (non-hydrogen) atoms. The molecule has 0 unspecified atom stereocenters. The molecule has 7 heteroatoms. The molecule has 0 aromatic heterocycles. The van der Waals surface area contributed by atoms with Gasteiger partial charge in [-0.05, 0) is 13.1 Å². The summed E-state index contributed by atoms with van der Waals surface area (Å²) in [5, 5.41) is 13.9. The summed E-state index contributed by atoms with van der Waals surface area (Å²) >= 11 is 0. The first kappa shape index (κ1) is 15.9. The lowest BCUT2D eigenvalue weighted by Gasteiger charge is -2.23. The van der Waals surface area contributed by atoms with Crippen LogP contribution in [0.4, 0.5) is 11.4 Å². The van der Waals surface area contributed by atoms with Crippen molar-refractivity contribution in [1.82, 2.24) is 10.2 Å². The maximum atomic E-state index is 12.0. The quantitative estimate of drug-likeness (QED) is 0.588. The highest BCUT2D eigenvalue weighted by molar-refractivity contribution is 5.82. The number of nitrogens with one attached hydrogen (secondary N) is 1. The number of nitro groups is 1. The third-order valence-corrected chi connectivity index (χ3v) is 2.99. The zero-order chi connectivity index (χ0) is 15.1. The van der Waals surface area contributed by atoms with Crippen LogP contribution in [0, 0.1) is 10.1 Å². The van der Waals surface area contributed by atoms with Crippen molar-refractivity contribution in [3.63, 3.8) is 0 Å². The number of likely N-dealkylation sites (N-methyl/N-ethyl adjacent to an activating group) is 3. The molecular weight excluding hydrogens is 260 g/mol. The number of hydrogen-bond acceptors (Lipinski definition) is 5. The number of nitro benzene ring substituents is 1. The number of para-hydroxylation sites is 2. The molecule has 1 N–H and O–H groups in total. The number of nitrogens with zero attached hydrogens (tertiary/aromatic N) is 3. The Bertz CT molecular complexity index is 478. The second kappa shape index (κ2) is 7.44. The van der Waals surface area contributed by atoms with Gasteiger partial charge in [0.1, 0.15) is 5.69 Å². The van der Waals surface area contributed by atoms with Crippen molar-refractivity contribution in [2.24, 2.45) is 0 Å². The molecule has 0 saturated heterocycles. The van der Waals surface area contributed by atoms with Gasteiger partial charge < -0.3 is 15.1 Å². The molecule has 1 aromatic carbocycles. The predicted octanol–water partition coefficient (Wildman–Crippen LogP) is 0.709. The molecule has 0 fully saturated rings. The molecular formula is C13H20N4O3. The van der Waals surface area contributed by atoms with E-state index < -0.39 is 4.92 Å². The van der Waals surface area contributed by atoms with Crippen molar-refractivity contribution < 1.29 is 9.72 Å². The second-order valence-electron chi connectivity index (χ2n) is 4.52. The Balaban J connectivity index is 2.74. The summed E-state index contributed by atoms with van der Waals surface area (Å²) in [6.45, 7) is 1.41. The molecule has 1 rings (SSSR count). The zero-order valence-corrected chi connectivity index (χ0v) is 12.0. The van der Waals surface area contributed by atoms with Crippen LogP contribution in [0.25, 0.3) is 0 Å². The van der Waals surface area contributed by atoms with Crippen LogP contribution in [-0.4, -0.2) is 56.5 Å². The SMILES string of the molecule is CNCCN(C)C(=O)CN(C)c1ccccc1[N+](=O)[O-]. The lowest BCUT2D eigenvalue weighted by atomic mass is 10.2. The van der Waals surface area contributed by atoms with Crippen LogP contribution >= 0.6 is 0 Å². The van der Waals surface area contributed by atoms with Crippen molar-refractivity contribution in [1.29, 1.82) is 0 Å². The van der Waals surface area contributed by atoms with Crippen molar-refractivity contribution in [2.45, 2.75) is 0 Å². The average molecular weight is 280 g/mol. The lowest BCUT2D eigenvalue weighted by Crippen LogP contribution is -2.39. The van der Waals surface area contributed by atoms with Crippen molar-refractivity contribution in [3.05, 3.63) is 34.4 Å². The molecule has 0 atom stereocenters. The van der Waals surface area contributed by atoms with Crippen LogP contribution < -0.4 is 10.2 Å². The molecule has 0 heterocycles. The summed E-state index contributed by atoms with van der Waals surface area (Å²) in [5.41, 5.74) is 0.438. The number of carbonyl (C=O) groups is 1. The Hall–Kier alpha value is -2.15. The minimum atomic E-state index is -0.443. The van der Waals surface area contributed by atoms with E-state index in [0.717, 1.165) is 0 Å². The minimum absolute atomic E-state index is 0.000628. The predicted molar refractivity (Wildman–Crippen MR) is 77.9 cm³/mol. The highest BCUT2D eigenvalue weighted by Gasteiger charge is 2.19. The standard InChI is InChI=1S/C13H20N4O3/c1-14-8-9-15(2)13(18)10-16(3)11-6-4-5-7-12(11)17(19)20/h4-7,14H,8-10H2,1-3H3. The minimum Gasteiger partial charge on any atom is -0.360 e. The van der Waals surface area contributed by atoms with Crippen LogP contribution in [-0.2, 0) is 4.79 Å². The average Bonchev–Trinajstić information content (AvgIpc) is 2.44. The smallest absolute Gasteiger partial charge is 0.292 e. The number of rotatable bonds is 7. The summed E-state index contributed by atoms with van der Waals surface area (Å²) in [6.07, 6.45) is 0. The van der Waals surface area contributed by atoms with Gasteiger partial charge in [-0.1, -0.05) is 12.1 Å². The Morgan fingerprint density at radius 1 is 1.35 bits per heavy atom. The van der Waals surface area contributed by atoms with Gasteiger partial charge in [-0.15, -0.1) is 0 Å². The summed E-state index contributed by atoms with van der Waals surface area (Å²) < 4.78 is 0. The zero-order valence-electron chi connectivity index (χ0n) is 12.0. The first-order valence-corrected chi connectivity index (χ1v) is 6.30. The molecule has 0 aliphatic heterocycles. The van der Waals surface area contributed by atoms with Gasteiger partial charge in [0.2, 0.25) is 5.91 Å². The molecule has 1 aromatic rings. The Labute approximate surface area is 118 Å². The van der Waals surface area contributed by atoms with Crippen LogP contribution in [0.1, 0.15) is 0 Å². The van der Waals surface area contributed by atoms with Gasteiger partial charge in [-0.3, -0.25) is 14.9 Å². The van der Waals surface area contributed by atoms with Gasteiger partial charge in [0, 0.05) is 33.3 Å². The number of carbonyl (C=O) groups excluding carboxylic acids is 1. The number of benzene rings is 1. The van der Waals surface area contributed by atoms with Gasteiger partial charge in [0.15, 0.2) is 0 Å². The maximum Gasteiger partial charge on any atom is 0.292 e. The fraction of sp³-hybridized carbons (Fsp3) is 0.462. The van der Waals surface area contributed by atoms with Crippen molar-refractivity contribution >= 4 is 17.3 Å². The van der Waals surface area contributed by atoms with Crippen LogP contribution in [0.15, 0.2) is 24.3 Å². The second-order valence-corrected chi connectivity index (χ2v) is 4.52. The first-order chi connectivity index (χ1) is 9.47. The van der Waals surface area contributed by atoms with Crippen LogP contribution in [0.3, 0.4) is 0 Å². The van der Waals surface area contributed by atoms with E-state index in [-0.39, 0.29) is 18.1 Å². The van der Waals surface area contributed by atoms with Crippen molar-refractivity contribution in [2.75, 3.05) is 45.7 Å². The third-order valence-electron chi connectivity index (χ3n) is 2.99.